The Morgan fingerprint density at radius 2 is 1.88 bits per heavy atom. The molecule has 32 heavy (non-hydrogen) atoms. The summed E-state index contributed by atoms with van der Waals surface area (Å²) in [5, 5.41) is 1.31. The van der Waals surface area contributed by atoms with Crippen LogP contribution in [-0.2, 0) is 17.6 Å². The molecule has 4 rings (SSSR count). The third-order valence-electron chi connectivity index (χ3n) is 5.98. The van der Waals surface area contributed by atoms with Gasteiger partial charge >= 0.3 is 0 Å². The summed E-state index contributed by atoms with van der Waals surface area (Å²) >= 11 is 2.98. The summed E-state index contributed by atoms with van der Waals surface area (Å²) in [6.45, 7) is 5.29. The monoisotopic (exact) mass is 471 g/mol. The second-order valence-corrected chi connectivity index (χ2v) is 9.86. The predicted molar refractivity (Wildman–Crippen MR) is 132 cm³/mol. The van der Waals surface area contributed by atoms with Crippen LogP contribution in [-0.4, -0.2) is 46.3 Å². The number of amides is 1. The van der Waals surface area contributed by atoms with Crippen LogP contribution in [0.5, 0.6) is 5.75 Å². The second-order valence-electron chi connectivity index (χ2n) is 7.83. The number of nitrogens with zero attached hydrogens (tertiary/aromatic N) is 3. The molecule has 3 aromatic rings. The van der Waals surface area contributed by atoms with Gasteiger partial charge in [-0.1, -0.05) is 18.2 Å². The fourth-order valence-electron chi connectivity index (χ4n) is 4.21. The van der Waals surface area contributed by atoms with Crippen LogP contribution in [0.1, 0.15) is 43.6 Å². The Bertz CT molecular complexity index is 1160. The molecule has 0 unspecified atom stereocenters. The first kappa shape index (κ1) is 22.9. The quantitative estimate of drug-likeness (QED) is 0.284. The molecule has 0 N–H and O–H groups in total. The van der Waals surface area contributed by atoms with Gasteiger partial charge < -0.3 is 9.64 Å². The number of thioether (sulfide) groups is 1. The van der Waals surface area contributed by atoms with E-state index in [1.807, 2.05) is 38.1 Å². The summed E-state index contributed by atoms with van der Waals surface area (Å²) < 4.78 is 6.95. The highest BCUT2D eigenvalue weighted by molar-refractivity contribution is 7.99. The smallest absolute Gasteiger partial charge is 0.267 e. The Balaban J connectivity index is 1.83. The largest absolute Gasteiger partial charge is 0.497 e. The minimum Gasteiger partial charge on any atom is -0.497 e. The summed E-state index contributed by atoms with van der Waals surface area (Å²) in [6, 6.07) is 7.43. The van der Waals surface area contributed by atoms with Gasteiger partial charge in [-0.15, -0.1) is 11.3 Å². The SMILES string of the molecule is CCN(CC)C(=O)CSc1nc2sc3c(c2c(=O)n1-c1ccc(OC)cc1)CCCCC3. The van der Waals surface area contributed by atoms with Gasteiger partial charge in [0.15, 0.2) is 5.16 Å². The van der Waals surface area contributed by atoms with Crippen molar-refractivity contribution in [3.63, 3.8) is 0 Å². The maximum Gasteiger partial charge on any atom is 0.267 e. The van der Waals surface area contributed by atoms with E-state index in [0.29, 0.717) is 18.2 Å². The van der Waals surface area contributed by atoms with Crippen molar-refractivity contribution in [1.82, 2.24) is 14.5 Å². The van der Waals surface area contributed by atoms with Gasteiger partial charge in [0.25, 0.3) is 5.56 Å². The van der Waals surface area contributed by atoms with Crippen LogP contribution in [0.2, 0.25) is 0 Å². The van der Waals surface area contributed by atoms with Gasteiger partial charge in [-0.3, -0.25) is 14.2 Å². The Hall–Kier alpha value is -2.32. The summed E-state index contributed by atoms with van der Waals surface area (Å²) in [5.41, 5.74) is 1.87. The Morgan fingerprint density at radius 1 is 1.16 bits per heavy atom. The molecule has 0 saturated heterocycles. The van der Waals surface area contributed by atoms with Crippen molar-refractivity contribution in [2.75, 3.05) is 26.0 Å². The highest BCUT2D eigenvalue weighted by Gasteiger charge is 2.23. The van der Waals surface area contributed by atoms with E-state index in [4.69, 9.17) is 9.72 Å². The lowest BCUT2D eigenvalue weighted by molar-refractivity contribution is -0.127. The van der Waals surface area contributed by atoms with E-state index in [9.17, 15) is 9.59 Å². The standard InChI is InChI=1S/C24H29N3O3S2/c1-4-26(5-2)20(28)15-31-24-25-22-21(18-9-7-6-8-10-19(18)32-22)23(29)27(24)16-11-13-17(30-3)14-12-16/h11-14H,4-10,15H2,1-3H3. The van der Waals surface area contributed by atoms with Crippen LogP contribution in [0, 0.1) is 0 Å². The first-order valence-electron chi connectivity index (χ1n) is 11.2. The topological polar surface area (TPSA) is 64.4 Å². The molecule has 1 aliphatic rings. The van der Waals surface area contributed by atoms with Crippen LogP contribution >= 0.6 is 23.1 Å². The van der Waals surface area contributed by atoms with Crippen LogP contribution in [0.4, 0.5) is 0 Å². The third-order valence-corrected chi connectivity index (χ3v) is 8.09. The molecule has 1 aliphatic carbocycles. The number of aryl methyl sites for hydroxylation is 2. The number of rotatable bonds is 7. The van der Waals surface area contributed by atoms with Crippen molar-refractivity contribution in [3.8, 4) is 11.4 Å². The molecular formula is C24H29N3O3S2. The molecule has 0 fully saturated rings. The van der Waals surface area contributed by atoms with Gasteiger partial charge in [0.1, 0.15) is 10.6 Å². The van der Waals surface area contributed by atoms with Gasteiger partial charge in [0, 0.05) is 18.0 Å². The van der Waals surface area contributed by atoms with Gasteiger partial charge in [-0.05, 0) is 69.4 Å². The first-order valence-corrected chi connectivity index (χ1v) is 13.0. The van der Waals surface area contributed by atoms with Gasteiger partial charge in [-0.25, -0.2) is 4.98 Å². The Morgan fingerprint density at radius 3 is 2.56 bits per heavy atom. The van der Waals surface area contributed by atoms with Crippen molar-refractivity contribution >= 4 is 39.2 Å². The maximum atomic E-state index is 13.8. The van der Waals surface area contributed by atoms with Crippen molar-refractivity contribution < 1.29 is 9.53 Å². The fraction of sp³-hybridized carbons (Fsp3) is 0.458. The van der Waals surface area contributed by atoms with Crippen LogP contribution in [0.25, 0.3) is 15.9 Å². The number of hydrogen-bond donors (Lipinski definition) is 0. The molecule has 0 bridgehead atoms. The lowest BCUT2D eigenvalue weighted by atomic mass is 10.1. The Kier molecular flexibility index (Phi) is 7.20. The molecule has 0 saturated carbocycles. The number of fused-ring (bicyclic) bond motifs is 3. The maximum absolute atomic E-state index is 13.8. The minimum atomic E-state index is -0.0441. The molecule has 1 aromatic carbocycles. The number of carbonyl (C=O) groups is 1. The first-order chi connectivity index (χ1) is 15.6. The van der Waals surface area contributed by atoms with E-state index in [2.05, 4.69) is 0 Å². The number of carbonyl (C=O) groups excluding carboxylic acids is 1. The molecule has 170 valence electrons. The number of ether oxygens (including phenoxy) is 1. The number of aromatic nitrogens is 2. The number of methoxy groups -OCH3 is 1. The van der Waals surface area contributed by atoms with E-state index in [0.717, 1.165) is 47.3 Å². The fourth-order valence-corrected chi connectivity index (χ4v) is 6.43. The summed E-state index contributed by atoms with van der Waals surface area (Å²) in [5.74, 6) is 1.03. The highest BCUT2D eigenvalue weighted by atomic mass is 32.2. The van der Waals surface area contributed by atoms with E-state index in [1.54, 1.807) is 27.9 Å². The minimum absolute atomic E-state index is 0.0441. The molecule has 0 atom stereocenters. The van der Waals surface area contributed by atoms with E-state index >= 15 is 0 Å². The highest BCUT2D eigenvalue weighted by Crippen LogP contribution is 2.34. The van der Waals surface area contributed by atoms with Crippen molar-refractivity contribution in [2.24, 2.45) is 0 Å². The second kappa shape index (κ2) is 10.1. The Labute approximate surface area is 196 Å². The molecule has 0 aliphatic heterocycles. The third kappa shape index (κ3) is 4.43. The molecule has 2 aromatic heterocycles. The lowest BCUT2D eigenvalue weighted by Crippen LogP contribution is -2.32. The molecular weight excluding hydrogens is 442 g/mol. The van der Waals surface area contributed by atoms with Crippen molar-refractivity contribution in [3.05, 3.63) is 45.1 Å². The van der Waals surface area contributed by atoms with Crippen LogP contribution in [0.15, 0.2) is 34.2 Å². The number of benzene rings is 1. The molecule has 6 nitrogen and oxygen atoms in total. The predicted octanol–water partition coefficient (Wildman–Crippen LogP) is 4.69. The van der Waals surface area contributed by atoms with Crippen molar-refractivity contribution in [1.29, 1.82) is 0 Å². The average molecular weight is 472 g/mol. The van der Waals surface area contributed by atoms with Gasteiger partial charge in [-0.2, -0.15) is 0 Å². The number of hydrogen-bond acceptors (Lipinski definition) is 6. The van der Waals surface area contributed by atoms with E-state index in [-0.39, 0.29) is 17.2 Å². The van der Waals surface area contributed by atoms with E-state index < -0.39 is 0 Å². The zero-order chi connectivity index (χ0) is 22.7. The molecule has 0 radical (unpaired) electrons. The lowest BCUT2D eigenvalue weighted by Gasteiger charge is -2.19. The van der Waals surface area contributed by atoms with Gasteiger partial charge in [0.2, 0.25) is 5.91 Å². The van der Waals surface area contributed by atoms with Crippen LogP contribution in [0.3, 0.4) is 0 Å². The summed E-state index contributed by atoms with van der Waals surface area (Å²) in [4.78, 5) is 35.3. The number of thiophene rings is 1. The zero-order valence-electron chi connectivity index (χ0n) is 18.8. The van der Waals surface area contributed by atoms with E-state index in [1.165, 1.54) is 28.6 Å². The molecule has 2 heterocycles. The van der Waals surface area contributed by atoms with Crippen molar-refractivity contribution in [2.45, 2.75) is 51.1 Å². The van der Waals surface area contributed by atoms with Gasteiger partial charge in [0.05, 0.1) is 23.9 Å². The van der Waals surface area contributed by atoms with Crippen LogP contribution < -0.4 is 10.3 Å². The molecule has 0 spiro atoms. The molecule has 8 heteroatoms. The zero-order valence-corrected chi connectivity index (χ0v) is 20.5. The summed E-state index contributed by atoms with van der Waals surface area (Å²) in [6.07, 6.45) is 5.41. The normalized spacial score (nSPS) is 13.6. The summed E-state index contributed by atoms with van der Waals surface area (Å²) in [7, 11) is 1.62. The molecule has 1 amide bonds. The average Bonchev–Trinajstić information content (AvgIpc) is 3.00.